The molecule has 0 aliphatic heterocycles. The van der Waals surface area contributed by atoms with Gasteiger partial charge in [-0.3, -0.25) is 0 Å². The second kappa shape index (κ2) is 13.0. The zero-order valence-electron chi connectivity index (χ0n) is 24.7. The summed E-state index contributed by atoms with van der Waals surface area (Å²) in [5.41, 5.74) is 9.39. The molecule has 7 aromatic rings. The van der Waals surface area contributed by atoms with Crippen LogP contribution in [0.1, 0.15) is 5.56 Å². The number of nitrogens with zero attached hydrogens (tertiary/aromatic N) is 2. The van der Waals surface area contributed by atoms with Crippen LogP contribution >= 0.6 is 0 Å². The first-order valence-electron chi connectivity index (χ1n) is 14.2. The minimum atomic E-state index is -1.51. The summed E-state index contributed by atoms with van der Waals surface area (Å²) in [6.07, 6.45) is 3.73. The Balaban J connectivity index is 0.000000238. The van der Waals surface area contributed by atoms with Gasteiger partial charge in [0.2, 0.25) is 0 Å². The van der Waals surface area contributed by atoms with Gasteiger partial charge in [-0.2, -0.15) is 0 Å². The molecular weight excluding hydrogens is 721 g/mol. The summed E-state index contributed by atoms with van der Waals surface area (Å²) in [5, 5.41) is 3.58. The van der Waals surface area contributed by atoms with Crippen molar-refractivity contribution in [2.75, 3.05) is 0 Å². The summed E-state index contributed by atoms with van der Waals surface area (Å²) in [6.45, 7) is 9.18. The summed E-state index contributed by atoms with van der Waals surface area (Å²) >= 11 is 0. The molecule has 3 aromatic heterocycles. The van der Waals surface area contributed by atoms with Gasteiger partial charge in [0.25, 0.3) is 0 Å². The van der Waals surface area contributed by atoms with Crippen molar-refractivity contribution in [2.24, 2.45) is 0 Å². The Hall–Kier alpha value is -4.15. The minimum Gasteiger partial charge on any atom is -0.457 e. The van der Waals surface area contributed by atoms with E-state index in [-0.39, 0.29) is 20.1 Å². The van der Waals surface area contributed by atoms with E-state index in [1.54, 1.807) is 6.20 Å². The molecule has 0 saturated carbocycles. The number of fused-ring (bicyclic) bond motifs is 3. The van der Waals surface area contributed by atoms with Crippen molar-refractivity contribution in [3.63, 3.8) is 0 Å². The van der Waals surface area contributed by atoms with Gasteiger partial charge in [-0.15, -0.1) is 65.2 Å². The largest absolute Gasteiger partial charge is 0.457 e. The molecule has 0 amide bonds. The maximum Gasteiger partial charge on any atom is 0.134 e. The molecule has 5 heteroatoms. The van der Waals surface area contributed by atoms with Gasteiger partial charge < -0.3 is 14.4 Å². The monoisotopic (exact) mass is 753 g/mol. The Labute approximate surface area is 268 Å². The summed E-state index contributed by atoms with van der Waals surface area (Å²) in [4.78, 5) is 8.99. The van der Waals surface area contributed by atoms with Crippen molar-refractivity contribution >= 4 is 35.2 Å². The number of para-hydroxylation sites is 1. The Bertz CT molecular complexity index is 1930. The molecule has 0 saturated heterocycles. The molecule has 0 aliphatic rings. The van der Waals surface area contributed by atoms with Crippen LogP contribution in [-0.2, 0) is 20.1 Å². The molecule has 0 spiro atoms. The van der Waals surface area contributed by atoms with E-state index in [0.717, 1.165) is 44.5 Å². The third-order valence-corrected chi connectivity index (χ3v) is 9.37. The predicted molar refractivity (Wildman–Crippen MR) is 177 cm³/mol. The quantitative estimate of drug-likeness (QED) is 0.133. The number of hydrogen-bond donors (Lipinski definition) is 0. The topological polar surface area (TPSA) is 38.9 Å². The Kier molecular flexibility index (Phi) is 9.17. The van der Waals surface area contributed by atoms with E-state index >= 15 is 0 Å². The number of furan rings is 1. The second-order valence-electron chi connectivity index (χ2n) is 11.4. The maximum absolute atomic E-state index is 6.39. The van der Waals surface area contributed by atoms with Crippen LogP contribution in [0.15, 0.2) is 126 Å². The fourth-order valence-corrected chi connectivity index (χ4v) is 6.61. The van der Waals surface area contributed by atoms with E-state index in [4.69, 9.17) is 9.40 Å². The number of rotatable bonds is 4. The van der Waals surface area contributed by atoms with Crippen LogP contribution in [0, 0.1) is 19.1 Å². The zero-order chi connectivity index (χ0) is 29.1. The molecular formula is C38H32IrN2OSi-2. The molecule has 0 fully saturated rings. The molecule has 7 rings (SSSR count). The smallest absolute Gasteiger partial charge is 0.134 e. The molecule has 1 radical (unpaired) electrons. The molecule has 215 valence electrons. The van der Waals surface area contributed by atoms with Crippen LogP contribution in [-0.4, -0.2) is 18.0 Å². The Morgan fingerprint density at radius 2 is 1.49 bits per heavy atom. The number of hydrogen-bond acceptors (Lipinski definition) is 3. The van der Waals surface area contributed by atoms with Crippen LogP contribution in [0.25, 0.3) is 55.6 Å². The first-order valence-corrected chi connectivity index (χ1v) is 17.7. The maximum atomic E-state index is 6.39. The number of aryl methyl sites for hydroxylation is 1. The molecule has 3 nitrogen and oxygen atoms in total. The Morgan fingerprint density at radius 3 is 2.21 bits per heavy atom. The van der Waals surface area contributed by atoms with E-state index in [1.807, 2.05) is 60.8 Å². The average molecular weight is 753 g/mol. The second-order valence-corrected chi connectivity index (χ2v) is 16.4. The van der Waals surface area contributed by atoms with E-state index in [1.165, 1.54) is 21.9 Å². The number of aromatic nitrogens is 2. The third kappa shape index (κ3) is 6.60. The van der Waals surface area contributed by atoms with Crippen molar-refractivity contribution in [2.45, 2.75) is 26.6 Å². The van der Waals surface area contributed by atoms with Crippen molar-refractivity contribution < 1.29 is 24.5 Å². The molecule has 4 aromatic carbocycles. The van der Waals surface area contributed by atoms with E-state index in [9.17, 15) is 0 Å². The summed E-state index contributed by atoms with van der Waals surface area (Å²) in [6, 6.07) is 43.4. The normalized spacial score (nSPS) is 11.1. The fraction of sp³-hybridized carbons (Fsp3) is 0.105. The van der Waals surface area contributed by atoms with Gasteiger partial charge in [0.1, 0.15) is 11.2 Å². The summed E-state index contributed by atoms with van der Waals surface area (Å²) in [7, 11) is -1.51. The first-order chi connectivity index (χ1) is 20.4. The summed E-state index contributed by atoms with van der Waals surface area (Å²) < 4.78 is 6.39. The fourth-order valence-electron chi connectivity index (χ4n) is 5.15. The van der Waals surface area contributed by atoms with Gasteiger partial charge >= 0.3 is 0 Å². The van der Waals surface area contributed by atoms with Crippen molar-refractivity contribution in [1.29, 1.82) is 0 Å². The van der Waals surface area contributed by atoms with Crippen molar-refractivity contribution in [3.05, 3.63) is 139 Å². The molecule has 3 heterocycles. The molecule has 0 N–H and O–H groups in total. The van der Waals surface area contributed by atoms with Crippen LogP contribution in [0.2, 0.25) is 19.6 Å². The zero-order valence-corrected chi connectivity index (χ0v) is 28.1. The Morgan fingerprint density at radius 1 is 0.698 bits per heavy atom. The third-order valence-electron chi connectivity index (χ3n) is 7.36. The van der Waals surface area contributed by atoms with Crippen molar-refractivity contribution in [3.8, 4) is 33.6 Å². The molecule has 0 unspecified atom stereocenters. The van der Waals surface area contributed by atoms with Crippen molar-refractivity contribution in [1.82, 2.24) is 9.97 Å². The van der Waals surface area contributed by atoms with E-state index < -0.39 is 8.07 Å². The van der Waals surface area contributed by atoms with Gasteiger partial charge in [-0.1, -0.05) is 92.8 Å². The molecule has 0 aliphatic carbocycles. The predicted octanol–water partition coefficient (Wildman–Crippen LogP) is 9.52. The van der Waals surface area contributed by atoms with Gasteiger partial charge in [0.15, 0.2) is 0 Å². The minimum absolute atomic E-state index is 0. The van der Waals surface area contributed by atoms with Crippen LogP contribution in [0.3, 0.4) is 0 Å². The van der Waals surface area contributed by atoms with E-state index in [2.05, 4.69) is 98.3 Å². The van der Waals surface area contributed by atoms with Gasteiger partial charge in [0, 0.05) is 43.3 Å². The van der Waals surface area contributed by atoms with Gasteiger partial charge in [-0.05, 0) is 34.3 Å². The van der Waals surface area contributed by atoms with Crippen LogP contribution < -0.4 is 5.19 Å². The molecule has 0 atom stereocenters. The molecule has 43 heavy (non-hydrogen) atoms. The number of benzene rings is 4. The molecule has 0 bridgehead atoms. The van der Waals surface area contributed by atoms with Crippen LogP contribution in [0.4, 0.5) is 0 Å². The van der Waals surface area contributed by atoms with Crippen LogP contribution in [0.5, 0.6) is 0 Å². The standard InChI is InChI=1S/C27H24NOSi.C11H8N.Ir/c1-18-13-14-20(15-22(18)19-9-6-5-7-10-19)24-16-25-23(17-28-24)21-11-8-12-26(27(21)29-25)30(2,3)4;1-2-6-10(7-3-1)11-8-4-5-9-12-11;/h5-13,15-17H,1-4H3;1-6,8-9H;/q2*-1;. The number of pyridine rings is 2. The summed E-state index contributed by atoms with van der Waals surface area (Å²) in [5.74, 6) is 0. The van der Waals surface area contributed by atoms with Gasteiger partial charge in [-0.25, -0.2) is 0 Å². The average Bonchev–Trinajstić information content (AvgIpc) is 3.40. The van der Waals surface area contributed by atoms with Gasteiger partial charge in [0.05, 0.1) is 8.07 Å². The first kappa shape index (κ1) is 30.3. The SMILES string of the molecule is Cc1c[c-]c(-c2cc3oc4c([Si](C)(C)C)cccc4c3cn2)cc1-c1ccccc1.[Ir].[c-]1ccccc1-c1ccccn1. The van der Waals surface area contributed by atoms with E-state index in [0.29, 0.717) is 0 Å².